The van der Waals surface area contributed by atoms with Crippen molar-refractivity contribution in [3.63, 3.8) is 0 Å². The van der Waals surface area contributed by atoms with Crippen LogP contribution in [-0.4, -0.2) is 24.4 Å². The summed E-state index contributed by atoms with van der Waals surface area (Å²) in [6, 6.07) is 4.63. The summed E-state index contributed by atoms with van der Waals surface area (Å²) >= 11 is 0. The van der Waals surface area contributed by atoms with Gasteiger partial charge >= 0.3 is 6.18 Å². The molecule has 0 aliphatic carbocycles. The van der Waals surface area contributed by atoms with Crippen LogP contribution in [0.3, 0.4) is 0 Å². The van der Waals surface area contributed by atoms with E-state index >= 15 is 0 Å². The molecule has 0 aliphatic rings. The maximum Gasteiger partial charge on any atom is 0.416 e. The molecule has 5 nitrogen and oxygen atoms in total. The first-order valence-electron chi connectivity index (χ1n) is 6.03. The zero-order valence-corrected chi connectivity index (χ0v) is 11.5. The van der Waals surface area contributed by atoms with Crippen molar-refractivity contribution < 1.29 is 18.0 Å². The van der Waals surface area contributed by atoms with E-state index in [0.717, 1.165) is 18.2 Å². The van der Waals surface area contributed by atoms with E-state index in [0.29, 0.717) is 0 Å². The van der Waals surface area contributed by atoms with Crippen LogP contribution in [0.4, 0.5) is 18.9 Å². The SMILES string of the molecule is CC(C#N)CN(C)C(=O)c1cc(C(F)(F)F)ccc1NN. The Balaban J connectivity index is 3.15. The van der Waals surface area contributed by atoms with E-state index < -0.39 is 23.6 Å². The Morgan fingerprint density at radius 3 is 2.62 bits per heavy atom. The molecule has 1 amide bonds. The van der Waals surface area contributed by atoms with Gasteiger partial charge in [-0.3, -0.25) is 10.6 Å². The molecule has 21 heavy (non-hydrogen) atoms. The number of nitrogens with two attached hydrogens (primary N) is 1. The third kappa shape index (κ3) is 4.10. The number of nitriles is 1. The number of alkyl halides is 3. The van der Waals surface area contributed by atoms with Gasteiger partial charge in [-0.25, -0.2) is 0 Å². The summed E-state index contributed by atoms with van der Waals surface area (Å²) in [5, 5.41) is 8.72. The first kappa shape index (κ1) is 16.8. The monoisotopic (exact) mass is 300 g/mol. The van der Waals surface area contributed by atoms with Gasteiger partial charge in [0.2, 0.25) is 0 Å². The molecule has 0 aliphatic heterocycles. The fourth-order valence-corrected chi connectivity index (χ4v) is 1.76. The largest absolute Gasteiger partial charge is 0.416 e. The van der Waals surface area contributed by atoms with Gasteiger partial charge in [0.1, 0.15) is 0 Å². The number of nitrogens with zero attached hydrogens (tertiary/aromatic N) is 2. The molecule has 0 heterocycles. The molecule has 0 fully saturated rings. The minimum atomic E-state index is -4.55. The van der Waals surface area contributed by atoms with E-state index in [1.807, 2.05) is 6.07 Å². The summed E-state index contributed by atoms with van der Waals surface area (Å²) in [5.41, 5.74) is 1.15. The Kier molecular flexibility index (Phi) is 5.16. The fraction of sp³-hybridized carbons (Fsp3) is 0.385. The minimum absolute atomic E-state index is 0.0875. The van der Waals surface area contributed by atoms with Gasteiger partial charge < -0.3 is 10.3 Å². The van der Waals surface area contributed by atoms with E-state index in [2.05, 4.69) is 5.43 Å². The van der Waals surface area contributed by atoms with E-state index in [-0.39, 0.29) is 17.8 Å². The Labute approximate surface area is 120 Å². The van der Waals surface area contributed by atoms with Crippen LogP contribution in [0.25, 0.3) is 0 Å². The number of benzene rings is 1. The molecule has 0 spiro atoms. The molecule has 114 valence electrons. The molecule has 1 rings (SSSR count). The Morgan fingerprint density at radius 2 is 2.14 bits per heavy atom. The van der Waals surface area contributed by atoms with Crippen LogP contribution >= 0.6 is 0 Å². The summed E-state index contributed by atoms with van der Waals surface area (Å²) in [6.07, 6.45) is -4.55. The van der Waals surface area contributed by atoms with Crippen molar-refractivity contribution in [1.82, 2.24) is 4.90 Å². The second kappa shape index (κ2) is 6.45. The van der Waals surface area contributed by atoms with Crippen LogP contribution in [0.2, 0.25) is 0 Å². The van der Waals surface area contributed by atoms with Gasteiger partial charge in [0.05, 0.1) is 28.8 Å². The molecular formula is C13H15F3N4O. The molecule has 0 aromatic heterocycles. The van der Waals surface area contributed by atoms with Gasteiger partial charge in [-0.1, -0.05) is 0 Å². The summed E-state index contributed by atoms with van der Waals surface area (Å²) in [7, 11) is 1.41. The van der Waals surface area contributed by atoms with Gasteiger partial charge in [0.15, 0.2) is 0 Å². The van der Waals surface area contributed by atoms with Crippen LogP contribution in [0.1, 0.15) is 22.8 Å². The second-order valence-electron chi connectivity index (χ2n) is 4.62. The van der Waals surface area contributed by atoms with Crippen molar-refractivity contribution in [3.05, 3.63) is 29.3 Å². The van der Waals surface area contributed by atoms with Crippen LogP contribution in [0.15, 0.2) is 18.2 Å². The van der Waals surface area contributed by atoms with E-state index in [1.54, 1.807) is 6.92 Å². The number of rotatable bonds is 4. The van der Waals surface area contributed by atoms with Crippen LogP contribution < -0.4 is 11.3 Å². The standard InChI is InChI=1S/C13H15F3N4O/c1-8(6-17)7-20(2)12(21)10-5-9(13(14,15)16)3-4-11(10)19-18/h3-5,8,19H,7,18H2,1-2H3. The minimum Gasteiger partial charge on any atom is -0.340 e. The Morgan fingerprint density at radius 1 is 1.52 bits per heavy atom. The molecular weight excluding hydrogens is 285 g/mol. The number of amides is 1. The summed E-state index contributed by atoms with van der Waals surface area (Å²) in [5.74, 6) is 4.15. The van der Waals surface area contributed by atoms with Crippen molar-refractivity contribution in [1.29, 1.82) is 5.26 Å². The van der Waals surface area contributed by atoms with Crippen molar-refractivity contribution >= 4 is 11.6 Å². The number of nitrogen functional groups attached to an aromatic ring is 1. The Hall–Kier alpha value is -2.27. The zero-order valence-electron chi connectivity index (χ0n) is 11.5. The quantitative estimate of drug-likeness (QED) is 0.660. The highest BCUT2D eigenvalue weighted by Gasteiger charge is 2.32. The topological polar surface area (TPSA) is 82.2 Å². The number of carbonyl (C=O) groups excluding carboxylic acids is 1. The Bertz CT molecular complexity index is 566. The third-order valence-electron chi connectivity index (χ3n) is 2.85. The normalized spacial score (nSPS) is 12.4. The van der Waals surface area contributed by atoms with Gasteiger partial charge in [-0.05, 0) is 25.1 Å². The maximum atomic E-state index is 12.7. The van der Waals surface area contributed by atoms with Gasteiger partial charge in [-0.15, -0.1) is 0 Å². The molecule has 1 aromatic carbocycles. The number of nitrogens with one attached hydrogen (secondary N) is 1. The average Bonchev–Trinajstić information content (AvgIpc) is 2.44. The van der Waals surface area contributed by atoms with Crippen LogP contribution in [0, 0.1) is 17.2 Å². The summed E-state index contributed by atoms with van der Waals surface area (Å²) in [6.45, 7) is 1.72. The number of hydrazine groups is 1. The van der Waals surface area contributed by atoms with Crippen molar-refractivity contribution in [2.45, 2.75) is 13.1 Å². The predicted octanol–water partition coefficient (Wildman–Crippen LogP) is 2.22. The van der Waals surface area contributed by atoms with E-state index in [1.165, 1.54) is 11.9 Å². The molecule has 0 saturated heterocycles. The van der Waals surface area contributed by atoms with Crippen LogP contribution in [-0.2, 0) is 6.18 Å². The zero-order chi connectivity index (χ0) is 16.2. The highest BCUT2D eigenvalue weighted by Crippen LogP contribution is 2.32. The lowest BCUT2D eigenvalue weighted by Crippen LogP contribution is -2.31. The number of carbonyl (C=O) groups is 1. The number of anilines is 1. The molecule has 0 radical (unpaired) electrons. The summed E-state index contributed by atoms with van der Waals surface area (Å²) in [4.78, 5) is 13.4. The molecule has 3 N–H and O–H groups in total. The summed E-state index contributed by atoms with van der Waals surface area (Å²) < 4.78 is 38.1. The second-order valence-corrected chi connectivity index (χ2v) is 4.62. The fourth-order valence-electron chi connectivity index (χ4n) is 1.76. The average molecular weight is 300 g/mol. The lowest BCUT2D eigenvalue weighted by Gasteiger charge is -2.20. The lowest BCUT2D eigenvalue weighted by atomic mass is 10.1. The van der Waals surface area contributed by atoms with Gasteiger partial charge in [0, 0.05) is 13.6 Å². The van der Waals surface area contributed by atoms with Gasteiger partial charge in [-0.2, -0.15) is 18.4 Å². The maximum absolute atomic E-state index is 12.7. The number of halogens is 3. The highest BCUT2D eigenvalue weighted by atomic mass is 19.4. The molecule has 1 aromatic rings. The third-order valence-corrected chi connectivity index (χ3v) is 2.85. The molecule has 1 atom stereocenters. The smallest absolute Gasteiger partial charge is 0.340 e. The molecule has 0 saturated carbocycles. The van der Waals surface area contributed by atoms with Crippen LogP contribution in [0.5, 0.6) is 0 Å². The van der Waals surface area contributed by atoms with E-state index in [4.69, 9.17) is 11.1 Å². The lowest BCUT2D eigenvalue weighted by molar-refractivity contribution is -0.137. The molecule has 0 bridgehead atoms. The predicted molar refractivity (Wildman–Crippen MR) is 71.0 cm³/mol. The highest BCUT2D eigenvalue weighted by molar-refractivity contribution is 5.99. The van der Waals surface area contributed by atoms with Crippen molar-refractivity contribution in [2.75, 3.05) is 19.0 Å². The number of hydrogen-bond acceptors (Lipinski definition) is 4. The van der Waals surface area contributed by atoms with Crippen molar-refractivity contribution in [3.8, 4) is 6.07 Å². The molecule has 1 unspecified atom stereocenters. The first-order chi connectivity index (χ1) is 9.70. The van der Waals surface area contributed by atoms with Crippen molar-refractivity contribution in [2.24, 2.45) is 11.8 Å². The number of hydrogen-bond donors (Lipinski definition) is 2. The van der Waals surface area contributed by atoms with Gasteiger partial charge in [0.25, 0.3) is 5.91 Å². The molecule has 8 heteroatoms. The van der Waals surface area contributed by atoms with E-state index in [9.17, 15) is 18.0 Å². The first-order valence-corrected chi connectivity index (χ1v) is 6.03.